The molecule has 2 rings (SSSR count). The van der Waals surface area contributed by atoms with Crippen LogP contribution in [-0.2, 0) is 25.5 Å². The Morgan fingerprint density at radius 3 is 2.19 bits per heavy atom. The second-order valence-corrected chi connectivity index (χ2v) is 9.90. The number of nitrogens with one attached hydrogen (secondary N) is 1. The summed E-state index contributed by atoms with van der Waals surface area (Å²) in [6, 6.07) is 11.0. The number of rotatable bonds is 9. The molecule has 0 saturated carbocycles. The predicted octanol–water partition coefficient (Wildman–Crippen LogP) is 3.85. The van der Waals surface area contributed by atoms with Crippen LogP contribution in [0.4, 0.5) is 4.79 Å². The Kier molecular flexibility index (Phi) is 8.51. The second kappa shape index (κ2) is 10.7. The zero-order valence-corrected chi connectivity index (χ0v) is 20.1. The SMILES string of the molecule is COc1ccc(C[C@@H](COS(=O)(=O)c2ccc(C)cc2)NC(=O)OC(C)(C)C)cc1OC. The fourth-order valence-electron chi connectivity index (χ4n) is 2.86. The van der Waals surface area contributed by atoms with Crippen molar-refractivity contribution in [1.82, 2.24) is 5.32 Å². The number of ether oxygens (including phenoxy) is 3. The van der Waals surface area contributed by atoms with Gasteiger partial charge in [0, 0.05) is 0 Å². The molecule has 0 saturated heterocycles. The molecule has 9 heteroatoms. The number of carbonyl (C=O) groups excluding carboxylic acids is 1. The minimum atomic E-state index is -4.00. The van der Waals surface area contributed by atoms with Crippen LogP contribution in [0.3, 0.4) is 0 Å². The normalized spacial score (nSPS) is 12.7. The van der Waals surface area contributed by atoms with Crippen molar-refractivity contribution in [1.29, 1.82) is 0 Å². The topological polar surface area (TPSA) is 100 Å². The van der Waals surface area contributed by atoms with Crippen LogP contribution in [0.1, 0.15) is 31.9 Å². The Morgan fingerprint density at radius 1 is 1.00 bits per heavy atom. The van der Waals surface area contributed by atoms with E-state index in [1.165, 1.54) is 26.4 Å². The lowest BCUT2D eigenvalue weighted by Gasteiger charge is -2.24. The van der Waals surface area contributed by atoms with Gasteiger partial charge in [0.15, 0.2) is 11.5 Å². The van der Waals surface area contributed by atoms with Gasteiger partial charge in [-0.15, -0.1) is 0 Å². The lowest BCUT2D eigenvalue weighted by molar-refractivity contribution is 0.0488. The van der Waals surface area contributed by atoms with Gasteiger partial charge < -0.3 is 19.5 Å². The van der Waals surface area contributed by atoms with Crippen molar-refractivity contribution in [2.75, 3.05) is 20.8 Å². The van der Waals surface area contributed by atoms with E-state index in [0.717, 1.165) is 11.1 Å². The summed E-state index contributed by atoms with van der Waals surface area (Å²) < 4.78 is 46.3. The molecule has 0 aliphatic carbocycles. The third kappa shape index (κ3) is 7.72. The van der Waals surface area contributed by atoms with Gasteiger partial charge in [0.05, 0.1) is 31.8 Å². The standard InChI is InChI=1S/C23H31NO7S/c1-16-7-10-19(11-8-16)32(26,27)30-15-18(24-22(25)31-23(2,3)4)13-17-9-12-20(28-5)21(14-17)29-6/h7-12,14,18H,13,15H2,1-6H3,(H,24,25)/t18-/m0/s1. The van der Waals surface area contributed by atoms with Crippen molar-refractivity contribution < 1.29 is 31.6 Å². The number of aryl methyl sites for hydroxylation is 1. The first kappa shape index (κ1) is 25.5. The third-order valence-electron chi connectivity index (χ3n) is 4.38. The summed E-state index contributed by atoms with van der Waals surface area (Å²) in [4.78, 5) is 12.4. The van der Waals surface area contributed by atoms with E-state index in [1.54, 1.807) is 51.1 Å². The van der Waals surface area contributed by atoms with Crippen molar-refractivity contribution in [3.63, 3.8) is 0 Å². The first-order chi connectivity index (χ1) is 14.9. The Balaban J connectivity index is 2.20. The Labute approximate surface area is 190 Å². The van der Waals surface area contributed by atoms with Gasteiger partial charge in [-0.05, 0) is 63.9 Å². The molecular weight excluding hydrogens is 434 g/mol. The second-order valence-electron chi connectivity index (χ2n) is 8.29. The molecule has 2 aromatic carbocycles. The fourth-order valence-corrected chi connectivity index (χ4v) is 3.81. The first-order valence-corrected chi connectivity index (χ1v) is 11.5. The van der Waals surface area contributed by atoms with Crippen molar-refractivity contribution >= 4 is 16.2 Å². The number of hydrogen-bond acceptors (Lipinski definition) is 7. The van der Waals surface area contributed by atoms with Crippen LogP contribution < -0.4 is 14.8 Å². The van der Waals surface area contributed by atoms with E-state index in [9.17, 15) is 13.2 Å². The molecule has 0 aliphatic rings. The Bertz CT molecular complexity index is 1010. The number of benzene rings is 2. The highest BCUT2D eigenvalue weighted by atomic mass is 32.2. The zero-order valence-electron chi connectivity index (χ0n) is 19.3. The van der Waals surface area contributed by atoms with E-state index in [2.05, 4.69) is 5.32 Å². The van der Waals surface area contributed by atoms with Gasteiger partial charge in [0.25, 0.3) is 10.1 Å². The smallest absolute Gasteiger partial charge is 0.407 e. The molecule has 0 aliphatic heterocycles. The van der Waals surface area contributed by atoms with Crippen molar-refractivity contribution in [2.45, 2.75) is 50.7 Å². The summed E-state index contributed by atoms with van der Waals surface area (Å²) in [6.07, 6.45) is -0.387. The van der Waals surface area contributed by atoms with Crippen LogP contribution in [0.5, 0.6) is 11.5 Å². The van der Waals surface area contributed by atoms with Crippen LogP contribution >= 0.6 is 0 Å². The van der Waals surface area contributed by atoms with Gasteiger partial charge >= 0.3 is 6.09 Å². The maximum Gasteiger partial charge on any atom is 0.407 e. The largest absolute Gasteiger partial charge is 0.493 e. The van der Waals surface area contributed by atoms with E-state index in [1.807, 2.05) is 6.92 Å². The van der Waals surface area contributed by atoms with Gasteiger partial charge in [-0.3, -0.25) is 4.18 Å². The van der Waals surface area contributed by atoms with Gasteiger partial charge in [-0.25, -0.2) is 4.79 Å². The van der Waals surface area contributed by atoms with Crippen molar-refractivity contribution in [2.24, 2.45) is 0 Å². The minimum Gasteiger partial charge on any atom is -0.493 e. The van der Waals surface area contributed by atoms with Crippen LogP contribution in [0.25, 0.3) is 0 Å². The van der Waals surface area contributed by atoms with Crippen LogP contribution in [-0.4, -0.2) is 47.0 Å². The molecule has 32 heavy (non-hydrogen) atoms. The summed E-state index contributed by atoms with van der Waals surface area (Å²) in [5.74, 6) is 1.08. The lowest BCUT2D eigenvalue weighted by Crippen LogP contribution is -2.43. The number of alkyl carbamates (subject to hydrolysis) is 1. The average Bonchev–Trinajstić information content (AvgIpc) is 2.71. The highest BCUT2D eigenvalue weighted by Crippen LogP contribution is 2.28. The predicted molar refractivity (Wildman–Crippen MR) is 121 cm³/mol. The lowest BCUT2D eigenvalue weighted by atomic mass is 10.1. The maximum absolute atomic E-state index is 12.6. The third-order valence-corrected chi connectivity index (χ3v) is 5.68. The molecule has 0 unspecified atom stereocenters. The molecule has 176 valence electrons. The van der Waals surface area contributed by atoms with Gasteiger partial charge in [0.2, 0.25) is 0 Å². The summed E-state index contributed by atoms with van der Waals surface area (Å²) in [6.45, 7) is 6.82. The quantitative estimate of drug-likeness (QED) is 0.561. The molecule has 2 aromatic rings. The van der Waals surface area contributed by atoms with Gasteiger partial charge in [-0.1, -0.05) is 23.8 Å². The maximum atomic E-state index is 12.6. The summed E-state index contributed by atoms with van der Waals surface area (Å²) in [7, 11) is -0.937. The zero-order chi connectivity index (χ0) is 23.9. The molecule has 0 fully saturated rings. The monoisotopic (exact) mass is 465 g/mol. The fraction of sp³-hybridized carbons (Fsp3) is 0.435. The molecule has 0 heterocycles. The summed E-state index contributed by atoms with van der Waals surface area (Å²) in [5.41, 5.74) is 1.02. The van der Waals surface area contributed by atoms with E-state index in [0.29, 0.717) is 11.5 Å². The number of hydrogen-bond donors (Lipinski definition) is 1. The molecule has 0 aromatic heterocycles. The van der Waals surface area contributed by atoms with Gasteiger partial charge in [0.1, 0.15) is 5.60 Å². The molecular formula is C23H31NO7S. The van der Waals surface area contributed by atoms with Crippen LogP contribution in [0, 0.1) is 6.92 Å². The molecule has 8 nitrogen and oxygen atoms in total. The van der Waals surface area contributed by atoms with E-state index >= 15 is 0 Å². The van der Waals surface area contributed by atoms with E-state index in [-0.39, 0.29) is 17.9 Å². The van der Waals surface area contributed by atoms with Crippen molar-refractivity contribution in [3.8, 4) is 11.5 Å². The molecule has 1 atom stereocenters. The summed E-state index contributed by atoms with van der Waals surface area (Å²) in [5, 5.41) is 2.70. The Hall–Kier alpha value is -2.78. The van der Waals surface area contributed by atoms with Crippen LogP contribution in [0.15, 0.2) is 47.4 Å². The summed E-state index contributed by atoms with van der Waals surface area (Å²) >= 11 is 0. The molecule has 0 radical (unpaired) electrons. The van der Waals surface area contributed by atoms with E-state index < -0.39 is 27.9 Å². The Morgan fingerprint density at radius 2 is 1.62 bits per heavy atom. The minimum absolute atomic E-state index is 0.0465. The number of carbonyl (C=O) groups is 1. The number of methoxy groups -OCH3 is 2. The van der Waals surface area contributed by atoms with Gasteiger partial charge in [-0.2, -0.15) is 8.42 Å². The highest BCUT2D eigenvalue weighted by Gasteiger charge is 2.23. The highest BCUT2D eigenvalue weighted by molar-refractivity contribution is 7.86. The molecule has 0 bridgehead atoms. The average molecular weight is 466 g/mol. The molecule has 1 amide bonds. The van der Waals surface area contributed by atoms with Crippen LogP contribution in [0.2, 0.25) is 0 Å². The molecule has 0 spiro atoms. The molecule has 1 N–H and O–H groups in total. The first-order valence-electron chi connectivity index (χ1n) is 10.1. The van der Waals surface area contributed by atoms with E-state index in [4.69, 9.17) is 18.4 Å². The van der Waals surface area contributed by atoms with Crippen molar-refractivity contribution in [3.05, 3.63) is 53.6 Å². The number of amides is 1.